The van der Waals surface area contributed by atoms with E-state index in [2.05, 4.69) is 41.4 Å². The van der Waals surface area contributed by atoms with Crippen LogP contribution in [0.5, 0.6) is 0 Å². The molecule has 3 heteroatoms. The van der Waals surface area contributed by atoms with Gasteiger partial charge in [0.25, 0.3) is 0 Å². The van der Waals surface area contributed by atoms with Gasteiger partial charge in [0.1, 0.15) is 6.29 Å². The second-order valence-electron chi connectivity index (χ2n) is 7.36. The van der Waals surface area contributed by atoms with Crippen LogP contribution in [-0.2, 0) is 10.2 Å². The van der Waals surface area contributed by atoms with Crippen LogP contribution < -0.4 is 5.32 Å². The molecule has 1 aliphatic carbocycles. The summed E-state index contributed by atoms with van der Waals surface area (Å²) in [6.07, 6.45) is 4.63. The van der Waals surface area contributed by atoms with Crippen molar-refractivity contribution in [3.05, 3.63) is 41.1 Å². The molecule has 22 heavy (non-hydrogen) atoms. The molecule has 3 aliphatic heterocycles. The number of para-hydroxylation sites is 1. The zero-order valence-electron chi connectivity index (χ0n) is 13.0. The fourth-order valence-electron chi connectivity index (χ4n) is 5.81. The lowest BCUT2D eigenvalue weighted by Gasteiger charge is -2.50. The van der Waals surface area contributed by atoms with Gasteiger partial charge in [-0.2, -0.15) is 0 Å². The minimum absolute atomic E-state index is 0.0576. The van der Waals surface area contributed by atoms with Crippen molar-refractivity contribution in [1.29, 1.82) is 0 Å². The lowest BCUT2D eigenvalue weighted by Crippen LogP contribution is -2.55. The lowest BCUT2D eigenvalue weighted by atomic mass is 9.60. The van der Waals surface area contributed by atoms with Gasteiger partial charge in [0.05, 0.1) is 5.41 Å². The topological polar surface area (TPSA) is 32.3 Å². The Morgan fingerprint density at radius 2 is 2.27 bits per heavy atom. The molecule has 114 valence electrons. The van der Waals surface area contributed by atoms with Crippen molar-refractivity contribution >= 4 is 12.0 Å². The van der Waals surface area contributed by atoms with E-state index in [9.17, 15) is 4.79 Å². The summed E-state index contributed by atoms with van der Waals surface area (Å²) in [4.78, 5) is 14.7. The van der Waals surface area contributed by atoms with E-state index in [0.717, 1.165) is 24.7 Å². The number of anilines is 1. The van der Waals surface area contributed by atoms with E-state index >= 15 is 0 Å². The highest BCUT2D eigenvalue weighted by Gasteiger charge is 2.61. The van der Waals surface area contributed by atoms with Crippen LogP contribution in [0.25, 0.3) is 0 Å². The van der Waals surface area contributed by atoms with Crippen molar-refractivity contribution < 1.29 is 4.79 Å². The Balaban J connectivity index is 1.79. The zero-order chi connectivity index (χ0) is 14.9. The minimum Gasteiger partial charge on any atom is -0.358 e. The molecular weight excluding hydrogens is 272 g/mol. The molecule has 3 heterocycles. The van der Waals surface area contributed by atoms with Gasteiger partial charge in [-0.3, -0.25) is 9.69 Å². The quantitative estimate of drug-likeness (QED) is 0.851. The molecule has 1 N–H and O–H groups in total. The number of fused-ring (bicyclic) bond motifs is 2. The number of allylic oxidation sites excluding steroid dienone is 1. The van der Waals surface area contributed by atoms with Crippen molar-refractivity contribution in [1.82, 2.24) is 4.90 Å². The average molecular weight is 294 g/mol. The Hall–Kier alpha value is -1.61. The van der Waals surface area contributed by atoms with Gasteiger partial charge in [-0.25, -0.2) is 0 Å². The van der Waals surface area contributed by atoms with Gasteiger partial charge in [0, 0.05) is 29.5 Å². The number of benzene rings is 1. The molecule has 0 aromatic heterocycles. The summed E-state index contributed by atoms with van der Waals surface area (Å²) in [6, 6.07) is 9.25. The molecule has 5 rings (SSSR count). The number of carbonyl (C=O) groups excluding carboxylic acids is 1. The number of nitrogens with one attached hydrogen (secondary N) is 1. The Bertz CT molecular complexity index is 694. The first-order valence-corrected chi connectivity index (χ1v) is 8.60. The molecule has 0 saturated carbocycles. The van der Waals surface area contributed by atoms with Crippen molar-refractivity contribution in [2.45, 2.75) is 37.6 Å². The van der Waals surface area contributed by atoms with Crippen molar-refractivity contribution in [3.63, 3.8) is 0 Å². The minimum atomic E-state index is 0.0576. The molecule has 0 amide bonds. The SMILES string of the molecule is CCC1CN2CCC34C(=C(C=O)C1CC23)Nc1ccccc14. The number of hydrogen-bond donors (Lipinski definition) is 1. The highest BCUT2D eigenvalue weighted by molar-refractivity contribution is 5.83. The second kappa shape index (κ2) is 4.23. The summed E-state index contributed by atoms with van der Waals surface area (Å²) < 4.78 is 0. The molecule has 1 aromatic carbocycles. The Labute approximate surface area is 131 Å². The fourth-order valence-corrected chi connectivity index (χ4v) is 5.81. The molecule has 2 saturated heterocycles. The molecule has 1 spiro atoms. The average Bonchev–Trinajstić information content (AvgIpc) is 3.11. The monoisotopic (exact) mass is 294 g/mol. The van der Waals surface area contributed by atoms with Gasteiger partial charge in [-0.1, -0.05) is 31.5 Å². The van der Waals surface area contributed by atoms with E-state index in [1.54, 1.807) is 0 Å². The normalized spacial score (nSPS) is 38.5. The van der Waals surface area contributed by atoms with Gasteiger partial charge in [-0.15, -0.1) is 0 Å². The van der Waals surface area contributed by atoms with E-state index in [-0.39, 0.29) is 5.41 Å². The number of rotatable bonds is 2. The van der Waals surface area contributed by atoms with Crippen molar-refractivity contribution in [2.75, 3.05) is 18.4 Å². The summed E-state index contributed by atoms with van der Waals surface area (Å²) in [7, 11) is 0. The van der Waals surface area contributed by atoms with E-state index in [1.165, 1.54) is 36.5 Å². The van der Waals surface area contributed by atoms with Crippen LogP contribution >= 0.6 is 0 Å². The molecule has 2 bridgehead atoms. The zero-order valence-corrected chi connectivity index (χ0v) is 13.0. The molecule has 1 aromatic rings. The highest BCUT2D eigenvalue weighted by Crippen LogP contribution is 2.60. The van der Waals surface area contributed by atoms with Crippen LogP contribution in [0.3, 0.4) is 0 Å². The third kappa shape index (κ3) is 1.30. The van der Waals surface area contributed by atoms with E-state index < -0.39 is 0 Å². The lowest BCUT2D eigenvalue weighted by molar-refractivity contribution is -0.106. The number of carbonyl (C=O) groups is 1. The molecule has 0 radical (unpaired) electrons. The number of hydrogen-bond acceptors (Lipinski definition) is 3. The molecule has 2 fully saturated rings. The first-order chi connectivity index (χ1) is 10.8. The molecule has 4 atom stereocenters. The smallest absolute Gasteiger partial charge is 0.148 e. The predicted octanol–water partition coefficient (Wildman–Crippen LogP) is 2.94. The predicted molar refractivity (Wildman–Crippen MR) is 86.7 cm³/mol. The fraction of sp³-hybridized carbons (Fsp3) is 0.526. The third-order valence-corrected chi connectivity index (χ3v) is 6.77. The van der Waals surface area contributed by atoms with Gasteiger partial charge in [0.15, 0.2) is 0 Å². The summed E-state index contributed by atoms with van der Waals surface area (Å²) in [5, 5.41) is 3.65. The van der Waals surface area contributed by atoms with Crippen LogP contribution in [0.2, 0.25) is 0 Å². The van der Waals surface area contributed by atoms with E-state index in [0.29, 0.717) is 17.9 Å². The molecular formula is C19H22N2O. The molecule has 4 unspecified atom stereocenters. The van der Waals surface area contributed by atoms with Gasteiger partial charge in [-0.05, 0) is 42.9 Å². The maximum Gasteiger partial charge on any atom is 0.148 e. The van der Waals surface area contributed by atoms with E-state index in [1.807, 2.05) is 0 Å². The highest BCUT2D eigenvalue weighted by atomic mass is 16.1. The summed E-state index contributed by atoms with van der Waals surface area (Å²) in [5.41, 5.74) is 5.01. The maximum absolute atomic E-state index is 12.0. The maximum atomic E-state index is 12.0. The summed E-state index contributed by atoms with van der Waals surface area (Å²) in [6.45, 7) is 4.60. The van der Waals surface area contributed by atoms with Crippen LogP contribution in [-0.4, -0.2) is 30.3 Å². The second-order valence-corrected chi connectivity index (χ2v) is 7.36. The Morgan fingerprint density at radius 1 is 1.41 bits per heavy atom. The Kier molecular flexibility index (Phi) is 2.48. The molecule has 4 aliphatic rings. The van der Waals surface area contributed by atoms with Crippen LogP contribution in [0, 0.1) is 11.8 Å². The largest absolute Gasteiger partial charge is 0.358 e. The first-order valence-electron chi connectivity index (χ1n) is 8.60. The number of piperidine rings is 1. The van der Waals surface area contributed by atoms with Crippen LogP contribution in [0.1, 0.15) is 31.7 Å². The Morgan fingerprint density at radius 3 is 3.09 bits per heavy atom. The number of nitrogens with zero attached hydrogens (tertiary/aromatic N) is 1. The standard InChI is InChI=1S/C19H22N2O/c1-2-12-10-21-8-7-19-15-5-3-4-6-16(15)20-18(19)14(11-22)13(12)9-17(19)21/h3-6,11-13,17,20H,2,7-10H2,1H3. The first kappa shape index (κ1) is 12.9. The van der Waals surface area contributed by atoms with Gasteiger partial charge < -0.3 is 5.32 Å². The number of aldehydes is 1. The van der Waals surface area contributed by atoms with Gasteiger partial charge >= 0.3 is 0 Å². The van der Waals surface area contributed by atoms with E-state index in [4.69, 9.17) is 0 Å². The van der Waals surface area contributed by atoms with Crippen LogP contribution in [0.4, 0.5) is 5.69 Å². The summed E-state index contributed by atoms with van der Waals surface area (Å²) >= 11 is 0. The van der Waals surface area contributed by atoms with Gasteiger partial charge in [0.2, 0.25) is 0 Å². The van der Waals surface area contributed by atoms with Crippen molar-refractivity contribution in [3.8, 4) is 0 Å². The summed E-state index contributed by atoms with van der Waals surface area (Å²) in [5.74, 6) is 1.08. The third-order valence-electron chi connectivity index (χ3n) is 6.77. The molecule has 3 nitrogen and oxygen atoms in total. The van der Waals surface area contributed by atoms with Crippen LogP contribution in [0.15, 0.2) is 35.5 Å². The van der Waals surface area contributed by atoms with Crippen molar-refractivity contribution in [2.24, 2.45) is 11.8 Å².